The van der Waals surface area contributed by atoms with Crippen molar-refractivity contribution < 1.29 is 23.9 Å². The summed E-state index contributed by atoms with van der Waals surface area (Å²) in [5, 5.41) is 7.68. The third-order valence-electron chi connectivity index (χ3n) is 5.06. The molecule has 172 valence electrons. The second-order valence-electron chi connectivity index (χ2n) is 7.18. The molecule has 1 heterocycles. The summed E-state index contributed by atoms with van der Waals surface area (Å²) >= 11 is 5.95. The van der Waals surface area contributed by atoms with Crippen LogP contribution in [0.1, 0.15) is 51.4 Å². The first-order valence-electron chi connectivity index (χ1n) is 10.3. The Bertz CT molecular complexity index is 1140. The molecule has 0 bridgehead atoms. The molecule has 0 aliphatic rings. The number of halogens is 1. The summed E-state index contributed by atoms with van der Waals surface area (Å²) in [7, 11) is 1.30. The minimum atomic E-state index is -0.581. The van der Waals surface area contributed by atoms with Crippen LogP contribution in [0.25, 0.3) is 5.69 Å². The maximum Gasteiger partial charge on any atom is 0.341 e. The van der Waals surface area contributed by atoms with E-state index in [1.807, 2.05) is 0 Å². The number of ether oxygens (including phenoxy) is 2. The van der Waals surface area contributed by atoms with Crippen molar-refractivity contribution in [2.45, 2.75) is 26.3 Å². The minimum absolute atomic E-state index is 0.0227. The van der Waals surface area contributed by atoms with Crippen LogP contribution in [-0.4, -0.2) is 41.3 Å². The number of hydrogen-bond acceptors (Lipinski definition) is 6. The monoisotopic (exact) mass is 469 g/mol. The van der Waals surface area contributed by atoms with Gasteiger partial charge in [-0.25, -0.2) is 9.48 Å². The smallest absolute Gasteiger partial charge is 0.341 e. The Kier molecular flexibility index (Phi) is 7.84. The molecule has 8 nitrogen and oxygen atoms in total. The molecule has 2 aromatic carbocycles. The molecular weight excluding hydrogens is 446 g/mol. The van der Waals surface area contributed by atoms with Gasteiger partial charge in [-0.05, 0) is 55.8 Å². The maximum atomic E-state index is 12.9. The summed E-state index contributed by atoms with van der Waals surface area (Å²) < 4.78 is 11.4. The van der Waals surface area contributed by atoms with Gasteiger partial charge in [0.15, 0.2) is 0 Å². The highest BCUT2D eigenvalue weighted by atomic mass is 35.5. The van der Waals surface area contributed by atoms with Gasteiger partial charge in [0.1, 0.15) is 5.56 Å². The highest BCUT2D eigenvalue weighted by Crippen LogP contribution is 2.21. The fourth-order valence-electron chi connectivity index (χ4n) is 3.27. The van der Waals surface area contributed by atoms with Crippen LogP contribution >= 0.6 is 11.6 Å². The molecule has 0 saturated carbocycles. The first kappa shape index (κ1) is 24.0. The lowest BCUT2D eigenvalue weighted by atomic mass is 10.0. The van der Waals surface area contributed by atoms with Crippen LogP contribution in [0.2, 0.25) is 5.02 Å². The van der Waals surface area contributed by atoms with Gasteiger partial charge in [0.25, 0.3) is 5.91 Å². The fraction of sp³-hybridized carbons (Fsp3) is 0.250. The van der Waals surface area contributed by atoms with E-state index in [-0.39, 0.29) is 18.9 Å². The number of carbonyl (C=O) groups excluding carboxylic acids is 3. The van der Waals surface area contributed by atoms with Crippen LogP contribution in [0.4, 0.5) is 0 Å². The molecule has 3 rings (SSSR count). The number of rotatable bonds is 8. The Morgan fingerprint density at radius 1 is 1.09 bits per heavy atom. The molecule has 1 aromatic heterocycles. The Morgan fingerprint density at radius 3 is 2.36 bits per heavy atom. The molecule has 0 radical (unpaired) electrons. The zero-order valence-electron chi connectivity index (χ0n) is 18.5. The number of hydrogen-bond donors (Lipinski definition) is 1. The zero-order chi connectivity index (χ0) is 24.0. The van der Waals surface area contributed by atoms with Gasteiger partial charge in [-0.15, -0.1) is 0 Å². The van der Waals surface area contributed by atoms with Crippen molar-refractivity contribution in [2.24, 2.45) is 0 Å². The lowest BCUT2D eigenvalue weighted by Crippen LogP contribution is -2.30. The predicted octanol–water partition coefficient (Wildman–Crippen LogP) is 4.05. The first-order valence-corrected chi connectivity index (χ1v) is 10.7. The lowest BCUT2D eigenvalue weighted by Gasteiger charge is -2.18. The summed E-state index contributed by atoms with van der Waals surface area (Å²) in [5.74, 6) is -1.23. The zero-order valence-corrected chi connectivity index (χ0v) is 19.3. The van der Waals surface area contributed by atoms with E-state index in [1.54, 1.807) is 67.1 Å². The van der Waals surface area contributed by atoms with Crippen molar-refractivity contribution in [3.8, 4) is 5.69 Å². The third kappa shape index (κ3) is 5.78. The molecule has 0 spiro atoms. The fourth-order valence-corrected chi connectivity index (χ4v) is 3.40. The van der Waals surface area contributed by atoms with E-state index in [0.29, 0.717) is 27.5 Å². The average molecular weight is 470 g/mol. The highest BCUT2D eigenvalue weighted by molar-refractivity contribution is 6.30. The van der Waals surface area contributed by atoms with Crippen LogP contribution in [-0.2, 0) is 14.3 Å². The maximum absolute atomic E-state index is 12.9. The number of carbonyl (C=O) groups is 3. The van der Waals surface area contributed by atoms with Crippen LogP contribution in [0, 0.1) is 6.92 Å². The van der Waals surface area contributed by atoms with Gasteiger partial charge < -0.3 is 14.8 Å². The molecule has 1 amide bonds. The minimum Gasteiger partial charge on any atom is -0.469 e. The van der Waals surface area contributed by atoms with Crippen LogP contribution < -0.4 is 5.32 Å². The van der Waals surface area contributed by atoms with Crippen molar-refractivity contribution in [1.82, 2.24) is 15.1 Å². The first-order chi connectivity index (χ1) is 15.8. The Labute approximate surface area is 196 Å². The SMILES string of the molecule is CCOC(=O)c1cnn(-c2ccc(C(=O)NC(CC(=O)OC)c3ccc(Cl)cc3)cc2)c1C. The number of methoxy groups -OCH3 is 1. The van der Waals surface area contributed by atoms with Crippen molar-refractivity contribution in [3.05, 3.63) is 82.1 Å². The molecule has 0 fully saturated rings. The van der Waals surface area contributed by atoms with Crippen LogP contribution in [0.15, 0.2) is 54.7 Å². The summed E-state index contributed by atoms with van der Waals surface area (Å²) in [6.07, 6.45) is 1.43. The Hall–Kier alpha value is -3.65. The van der Waals surface area contributed by atoms with E-state index >= 15 is 0 Å². The Morgan fingerprint density at radius 2 is 1.76 bits per heavy atom. The quantitative estimate of drug-likeness (QED) is 0.500. The van der Waals surface area contributed by atoms with Crippen LogP contribution in [0.3, 0.4) is 0 Å². The summed E-state index contributed by atoms with van der Waals surface area (Å²) in [6.45, 7) is 3.79. The van der Waals surface area contributed by atoms with Gasteiger partial charge in [-0.1, -0.05) is 23.7 Å². The molecule has 33 heavy (non-hydrogen) atoms. The topological polar surface area (TPSA) is 99.5 Å². The standard InChI is InChI=1S/C24H24ClN3O5/c1-4-33-24(31)20-14-26-28(15(20)2)19-11-7-17(8-12-19)23(30)27-21(13-22(29)32-3)16-5-9-18(25)10-6-16/h5-12,14,21H,4,13H2,1-3H3,(H,27,30). The molecular formula is C24H24ClN3O5. The van der Waals surface area contributed by atoms with E-state index in [0.717, 1.165) is 5.56 Å². The molecule has 3 aromatic rings. The van der Waals surface area contributed by atoms with Gasteiger partial charge in [-0.3, -0.25) is 9.59 Å². The van der Waals surface area contributed by atoms with E-state index in [9.17, 15) is 14.4 Å². The van der Waals surface area contributed by atoms with Crippen molar-refractivity contribution >= 4 is 29.4 Å². The van der Waals surface area contributed by atoms with E-state index in [1.165, 1.54) is 13.3 Å². The average Bonchev–Trinajstić information content (AvgIpc) is 3.20. The number of aromatic nitrogens is 2. The third-order valence-corrected chi connectivity index (χ3v) is 5.31. The van der Waals surface area contributed by atoms with E-state index in [2.05, 4.69) is 10.4 Å². The van der Waals surface area contributed by atoms with Crippen molar-refractivity contribution in [2.75, 3.05) is 13.7 Å². The molecule has 0 aliphatic heterocycles. The highest BCUT2D eigenvalue weighted by Gasteiger charge is 2.20. The number of amides is 1. The van der Waals surface area contributed by atoms with Gasteiger partial charge in [0.2, 0.25) is 0 Å². The van der Waals surface area contributed by atoms with Crippen LogP contribution in [0.5, 0.6) is 0 Å². The summed E-state index contributed by atoms with van der Waals surface area (Å²) in [5.41, 5.74) is 2.83. The second-order valence-corrected chi connectivity index (χ2v) is 7.62. The number of benzene rings is 2. The van der Waals surface area contributed by atoms with E-state index < -0.39 is 18.0 Å². The van der Waals surface area contributed by atoms with Crippen molar-refractivity contribution in [1.29, 1.82) is 0 Å². The number of nitrogens with one attached hydrogen (secondary N) is 1. The number of esters is 2. The number of nitrogens with zero attached hydrogens (tertiary/aromatic N) is 2. The van der Waals surface area contributed by atoms with Gasteiger partial charge in [0, 0.05) is 10.6 Å². The van der Waals surface area contributed by atoms with Gasteiger partial charge in [0.05, 0.1) is 43.8 Å². The van der Waals surface area contributed by atoms with Gasteiger partial charge in [-0.2, -0.15) is 5.10 Å². The summed E-state index contributed by atoms with van der Waals surface area (Å²) in [6, 6.07) is 13.0. The molecule has 1 N–H and O–H groups in total. The molecule has 9 heteroatoms. The van der Waals surface area contributed by atoms with Gasteiger partial charge >= 0.3 is 11.9 Å². The lowest BCUT2D eigenvalue weighted by molar-refractivity contribution is -0.141. The molecule has 0 aliphatic carbocycles. The van der Waals surface area contributed by atoms with E-state index in [4.69, 9.17) is 21.1 Å². The molecule has 0 saturated heterocycles. The summed E-state index contributed by atoms with van der Waals surface area (Å²) in [4.78, 5) is 36.8. The predicted molar refractivity (Wildman–Crippen MR) is 123 cm³/mol. The normalized spacial score (nSPS) is 11.5. The Balaban J connectivity index is 1.78. The molecule has 1 atom stereocenters. The second kappa shape index (κ2) is 10.8. The molecule has 1 unspecified atom stereocenters. The van der Waals surface area contributed by atoms with Crippen molar-refractivity contribution in [3.63, 3.8) is 0 Å². The largest absolute Gasteiger partial charge is 0.469 e.